The van der Waals surface area contributed by atoms with Crippen LogP contribution in [-0.2, 0) is 4.74 Å². The van der Waals surface area contributed by atoms with E-state index in [1.807, 2.05) is 32.7 Å². The Bertz CT molecular complexity index is 375. The minimum atomic E-state index is -0.474. The summed E-state index contributed by atoms with van der Waals surface area (Å²) >= 11 is 0. The van der Waals surface area contributed by atoms with Crippen molar-refractivity contribution in [3.63, 3.8) is 0 Å². The Labute approximate surface area is 107 Å². The van der Waals surface area contributed by atoms with Gasteiger partial charge in [0.05, 0.1) is 0 Å². The Hall–Kier alpha value is -1.85. The predicted octanol–water partition coefficient (Wildman–Crippen LogP) is 1.44. The SMILES string of the molecule is CN(CCNC(=O)OC(C)(C)C)c1ncccn1. The number of carbonyl (C=O) groups is 1. The number of amides is 1. The molecule has 6 nitrogen and oxygen atoms in total. The number of hydrogen-bond acceptors (Lipinski definition) is 5. The first-order valence-electron chi connectivity index (χ1n) is 5.83. The summed E-state index contributed by atoms with van der Waals surface area (Å²) in [5.41, 5.74) is -0.474. The number of aromatic nitrogens is 2. The number of carbonyl (C=O) groups excluding carboxylic acids is 1. The van der Waals surface area contributed by atoms with Gasteiger partial charge in [-0.25, -0.2) is 14.8 Å². The zero-order chi connectivity index (χ0) is 13.6. The summed E-state index contributed by atoms with van der Waals surface area (Å²) in [7, 11) is 1.87. The van der Waals surface area contributed by atoms with Crippen molar-refractivity contribution in [2.45, 2.75) is 26.4 Å². The van der Waals surface area contributed by atoms with E-state index in [4.69, 9.17) is 4.74 Å². The van der Waals surface area contributed by atoms with Gasteiger partial charge in [-0.05, 0) is 26.8 Å². The van der Waals surface area contributed by atoms with Crippen LogP contribution in [0.2, 0.25) is 0 Å². The molecule has 1 rings (SSSR count). The summed E-state index contributed by atoms with van der Waals surface area (Å²) in [5, 5.41) is 2.68. The third-order valence-corrected chi connectivity index (χ3v) is 2.01. The normalized spacial score (nSPS) is 10.9. The van der Waals surface area contributed by atoms with Crippen LogP contribution in [-0.4, -0.2) is 41.8 Å². The first-order chi connectivity index (χ1) is 8.38. The van der Waals surface area contributed by atoms with Gasteiger partial charge in [-0.15, -0.1) is 0 Å². The van der Waals surface area contributed by atoms with Gasteiger partial charge in [0.2, 0.25) is 5.95 Å². The lowest BCUT2D eigenvalue weighted by atomic mass is 10.2. The van der Waals surface area contributed by atoms with Gasteiger partial charge in [-0.1, -0.05) is 0 Å². The molecule has 0 unspecified atom stereocenters. The third kappa shape index (κ3) is 5.47. The van der Waals surface area contributed by atoms with Crippen molar-refractivity contribution in [3.05, 3.63) is 18.5 Å². The molecule has 1 aromatic rings. The van der Waals surface area contributed by atoms with E-state index < -0.39 is 11.7 Å². The topological polar surface area (TPSA) is 67.4 Å². The fourth-order valence-electron chi connectivity index (χ4n) is 1.23. The lowest BCUT2D eigenvalue weighted by molar-refractivity contribution is 0.0529. The maximum absolute atomic E-state index is 11.4. The Morgan fingerprint density at radius 2 is 2.00 bits per heavy atom. The van der Waals surface area contributed by atoms with Crippen LogP contribution in [0.3, 0.4) is 0 Å². The van der Waals surface area contributed by atoms with Crippen LogP contribution < -0.4 is 10.2 Å². The second kappa shape index (κ2) is 6.18. The molecule has 0 saturated carbocycles. The molecular formula is C12H20N4O2. The number of ether oxygens (including phenoxy) is 1. The highest BCUT2D eigenvalue weighted by Crippen LogP contribution is 2.06. The van der Waals surface area contributed by atoms with Crippen LogP contribution in [0.1, 0.15) is 20.8 Å². The second-order valence-corrected chi connectivity index (χ2v) is 4.90. The molecular weight excluding hydrogens is 232 g/mol. The van der Waals surface area contributed by atoms with E-state index in [-0.39, 0.29) is 0 Å². The minimum absolute atomic E-state index is 0.412. The number of rotatable bonds is 4. The van der Waals surface area contributed by atoms with Crippen molar-refractivity contribution in [1.82, 2.24) is 15.3 Å². The number of likely N-dealkylation sites (N-methyl/N-ethyl adjacent to an activating group) is 1. The van der Waals surface area contributed by atoms with E-state index in [1.165, 1.54) is 0 Å². The number of hydrogen-bond donors (Lipinski definition) is 1. The highest BCUT2D eigenvalue weighted by molar-refractivity contribution is 5.67. The number of anilines is 1. The summed E-state index contributed by atoms with van der Waals surface area (Å²) in [5.74, 6) is 0.628. The minimum Gasteiger partial charge on any atom is -0.444 e. The standard InChI is InChI=1S/C12H20N4O2/c1-12(2,3)18-11(17)15-8-9-16(4)10-13-6-5-7-14-10/h5-7H,8-9H2,1-4H3,(H,15,17). The van der Waals surface area contributed by atoms with Crippen LogP contribution in [0.25, 0.3) is 0 Å². The molecule has 1 heterocycles. The molecule has 0 saturated heterocycles. The molecule has 0 aliphatic heterocycles. The van der Waals surface area contributed by atoms with Crippen molar-refractivity contribution < 1.29 is 9.53 Å². The van der Waals surface area contributed by atoms with Gasteiger partial charge in [0.25, 0.3) is 0 Å². The third-order valence-electron chi connectivity index (χ3n) is 2.01. The summed E-state index contributed by atoms with van der Waals surface area (Å²) in [6.45, 7) is 6.58. The molecule has 1 N–H and O–H groups in total. The smallest absolute Gasteiger partial charge is 0.407 e. The quantitative estimate of drug-likeness (QED) is 0.878. The number of nitrogens with one attached hydrogen (secondary N) is 1. The predicted molar refractivity (Wildman–Crippen MR) is 69.5 cm³/mol. The molecule has 100 valence electrons. The van der Waals surface area contributed by atoms with Crippen molar-refractivity contribution in [1.29, 1.82) is 0 Å². The maximum atomic E-state index is 11.4. The molecule has 0 bridgehead atoms. The summed E-state index contributed by atoms with van der Waals surface area (Å²) in [4.78, 5) is 21.5. The van der Waals surface area contributed by atoms with Gasteiger partial charge < -0.3 is 15.0 Å². The highest BCUT2D eigenvalue weighted by Gasteiger charge is 2.15. The molecule has 18 heavy (non-hydrogen) atoms. The van der Waals surface area contributed by atoms with Crippen LogP contribution in [0, 0.1) is 0 Å². The van der Waals surface area contributed by atoms with Crippen LogP contribution in [0.5, 0.6) is 0 Å². The monoisotopic (exact) mass is 252 g/mol. The van der Waals surface area contributed by atoms with Gasteiger partial charge in [0, 0.05) is 32.5 Å². The molecule has 0 aliphatic rings. The van der Waals surface area contributed by atoms with Gasteiger partial charge in [-0.3, -0.25) is 0 Å². The van der Waals surface area contributed by atoms with Gasteiger partial charge >= 0.3 is 6.09 Å². The van der Waals surface area contributed by atoms with E-state index in [0.717, 1.165) is 0 Å². The molecule has 6 heteroatoms. The summed E-state index contributed by atoms with van der Waals surface area (Å²) in [6.07, 6.45) is 2.95. The molecule has 0 spiro atoms. The second-order valence-electron chi connectivity index (χ2n) is 4.90. The largest absolute Gasteiger partial charge is 0.444 e. The van der Waals surface area contributed by atoms with Crippen molar-refractivity contribution in [2.75, 3.05) is 25.0 Å². The molecule has 1 aromatic heterocycles. The van der Waals surface area contributed by atoms with Crippen molar-refractivity contribution in [2.24, 2.45) is 0 Å². The van der Waals surface area contributed by atoms with Crippen molar-refractivity contribution in [3.8, 4) is 0 Å². The fourth-order valence-corrected chi connectivity index (χ4v) is 1.23. The zero-order valence-corrected chi connectivity index (χ0v) is 11.3. The van der Waals surface area contributed by atoms with Crippen LogP contribution >= 0.6 is 0 Å². The van der Waals surface area contributed by atoms with E-state index in [0.29, 0.717) is 19.0 Å². The van der Waals surface area contributed by atoms with Gasteiger partial charge in [0.15, 0.2) is 0 Å². The van der Waals surface area contributed by atoms with E-state index in [1.54, 1.807) is 18.5 Å². The molecule has 0 fully saturated rings. The fraction of sp³-hybridized carbons (Fsp3) is 0.583. The average Bonchev–Trinajstić information content (AvgIpc) is 2.27. The maximum Gasteiger partial charge on any atom is 0.407 e. The molecule has 0 aromatic carbocycles. The Morgan fingerprint density at radius 1 is 1.39 bits per heavy atom. The Kier molecular flexibility index (Phi) is 4.88. The van der Waals surface area contributed by atoms with Crippen LogP contribution in [0.15, 0.2) is 18.5 Å². The molecule has 0 atom stereocenters. The van der Waals surface area contributed by atoms with E-state index in [2.05, 4.69) is 15.3 Å². The zero-order valence-electron chi connectivity index (χ0n) is 11.3. The molecule has 0 aliphatic carbocycles. The van der Waals surface area contributed by atoms with E-state index in [9.17, 15) is 4.79 Å². The average molecular weight is 252 g/mol. The Balaban J connectivity index is 2.28. The van der Waals surface area contributed by atoms with Gasteiger partial charge in [-0.2, -0.15) is 0 Å². The van der Waals surface area contributed by atoms with Gasteiger partial charge in [0.1, 0.15) is 5.60 Å². The lowest BCUT2D eigenvalue weighted by Crippen LogP contribution is -2.37. The van der Waals surface area contributed by atoms with Crippen LogP contribution in [0.4, 0.5) is 10.7 Å². The molecule has 1 amide bonds. The molecule has 0 radical (unpaired) electrons. The number of nitrogens with zero attached hydrogens (tertiary/aromatic N) is 3. The van der Waals surface area contributed by atoms with E-state index >= 15 is 0 Å². The lowest BCUT2D eigenvalue weighted by Gasteiger charge is -2.21. The summed E-state index contributed by atoms with van der Waals surface area (Å²) < 4.78 is 5.13. The summed E-state index contributed by atoms with van der Waals surface area (Å²) in [6, 6.07) is 1.76. The highest BCUT2D eigenvalue weighted by atomic mass is 16.6. The first-order valence-corrected chi connectivity index (χ1v) is 5.83. The number of alkyl carbamates (subject to hydrolysis) is 1. The van der Waals surface area contributed by atoms with Crippen molar-refractivity contribution >= 4 is 12.0 Å². The first kappa shape index (κ1) is 14.2. The Morgan fingerprint density at radius 3 is 2.56 bits per heavy atom.